The van der Waals surface area contributed by atoms with Gasteiger partial charge in [0.05, 0.1) is 18.9 Å². The molecule has 0 saturated carbocycles. The second-order valence-electron chi connectivity index (χ2n) is 2.73. The number of hydrogen-bond donors (Lipinski definition) is 0. The van der Waals surface area contributed by atoms with E-state index < -0.39 is 6.43 Å². The first-order valence-electron chi connectivity index (χ1n) is 3.60. The van der Waals surface area contributed by atoms with Gasteiger partial charge in [0.25, 0.3) is 6.43 Å². The Morgan fingerprint density at radius 1 is 1.50 bits per heavy atom. The Morgan fingerprint density at radius 2 is 2.25 bits per heavy atom. The van der Waals surface area contributed by atoms with Crippen LogP contribution in [0.15, 0.2) is 0 Å². The van der Waals surface area contributed by atoms with Crippen molar-refractivity contribution in [3.8, 4) is 0 Å². The van der Waals surface area contributed by atoms with Crippen molar-refractivity contribution in [1.29, 1.82) is 0 Å². The van der Waals surface area contributed by atoms with Gasteiger partial charge in [0.15, 0.2) is 0 Å². The van der Waals surface area contributed by atoms with Crippen LogP contribution in [0.25, 0.3) is 0 Å². The molecule has 0 aliphatic carbocycles. The highest BCUT2D eigenvalue weighted by Gasteiger charge is 2.26. The van der Waals surface area contributed by atoms with E-state index in [2.05, 4.69) is 5.10 Å². The number of halogens is 2. The predicted molar refractivity (Wildman–Crippen MR) is 36.7 cm³/mol. The maximum Gasteiger partial charge on any atom is 0.282 e. The van der Waals surface area contributed by atoms with Gasteiger partial charge in [-0.15, -0.1) is 0 Å². The third-order valence-electron chi connectivity index (χ3n) is 2.00. The molecular weight excluding hydrogens is 166 g/mol. The van der Waals surface area contributed by atoms with Gasteiger partial charge in [-0.25, -0.2) is 8.78 Å². The summed E-state index contributed by atoms with van der Waals surface area (Å²) in [7, 11) is 1.65. The van der Waals surface area contributed by atoms with Crippen molar-refractivity contribution < 1.29 is 13.5 Å². The first-order valence-corrected chi connectivity index (χ1v) is 3.60. The zero-order valence-electron chi connectivity index (χ0n) is 6.55. The summed E-state index contributed by atoms with van der Waals surface area (Å²) in [6.07, 6.45) is -2.50. The number of nitrogens with zero attached hydrogens (tertiary/aromatic N) is 2. The third kappa shape index (κ3) is 0.929. The zero-order chi connectivity index (χ0) is 8.72. The second-order valence-corrected chi connectivity index (χ2v) is 2.73. The summed E-state index contributed by atoms with van der Waals surface area (Å²) >= 11 is 0. The first-order chi connectivity index (χ1) is 5.70. The van der Waals surface area contributed by atoms with Gasteiger partial charge < -0.3 is 4.74 Å². The quantitative estimate of drug-likeness (QED) is 0.643. The minimum absolute atomic E-state index is 0.134. The highest BCUT2D eigenvalue weighted by Crippen LogP contribution is 2.29. The van der Waals surface area contributed by atoms with Crippen molar-refractivity contribution in [3.63, 3.8) is 0 Å². The lowest BCUT2D eigenvalue weighted by molar-refractivity contribution is 0.117. The molecule has 0 fully saturated rings. The molecule has 66 valence electrons. The van der Waals surface area contributed by atoms with Crippen LogP contribution < -0.4 is 0 Å². The van der Waals surface area contributed by atoms with Crippen molar-refractivity contribution >= 4 is 0 Å². The number of alkyl halides is 2. The van der Waals surface area contributed by atoms with Crippen LogP contribution in [0.2, 0.25) is 0 Å². The number of rotatable bonds is 1. The van der Waals surface area contributed by atoms with Crippen molar-refractivity contribution in [2.24, 2.45) is 7.05 Å². The van der Waals surface area contributed by atoms with E-state index in [-0.39, 0.29) is 12.3 Å². The van der Waals surface area contributed by atoms with Crippen molar-refractivity contribution in [3.05, 3.63) is 17.0 Å². The lowest BCUT2D eigenvalue weighted by Gasteiger charge is -1.96. The fraction of sp³-hybridized carbons (Fsp3) is 0.571. The lowest BCUT2D eigenvalue weighted by atomic mass is 10.2. The van der Waals surface area contributed by atoms with E-state index >= 15 is 0 Å². The van der Waals surface area contributed by atoms with Crippen LogP contribution in [0.4, 0.5) is 8.78 Å². The van der Waals surface area contributed by atoms with Gasteiger partial charge in [0, 0.05) is 12.6 Å². The van der Waals surface area contributed by atoms with Gasteiger partial charge in [0.2, 0.25) is 0 Å². The van der Waals surface area contributed by atoms with Gasteiger partial charge in [-0.1, -0.05) is 0 Å². The molecule has 0 unspecified atom stereocenters. The fourth-order valence-electron chi connectivity index (χ4n) is 1.39. The van der Waals surface area contributed by atoms with E-state index in [0.717, 1.165) is 5.69 Å². The average Bonchev–Trinajstić information content (AvgIpc) is 2.53. The standard InChI is InChI=1S/C7H8F2N2O/c1-11-5-3-12-2-4(5)6(10-11)7(8)9/h7H,2-3H2,1H3. The van der Waals surface area contributed by atoms with Crippen molar-refractivity contribution in [2.45, 2.75) is 19.6 Å². The van der Waals surface area contributed by atoms with Crippen LogP contribution >= 0.6 is 0 Å². The van der Waals surface area contributed by atoms with E-state index in [9.17, 15) is 8.78 Å². The zero-order valence-corrected chi connectivity index (χ0v) is 6.55. The van der Waals surface area contributed by atoms with Crippen molar-refractivity contribution in [2.75, 3.05) is 0 Å². The summed E-state index contributed by atoms with van der Waals surface area (Å²) in [6, 6.07) is 0. The van der Waals surface area contributed by atoms with Crippen LogP contribution in [0, 0.1) is 0 Å². The van der Waals surface area contributed by atoms with E-state index in [1.165, 1.54) is 4.68 Å². The highest BCUT2D eigenvalue weighted by atomic mass is 19.3. The topological polar surface area (TPSA) is 27.1 Å². The Labute approximate surface area is 67.9 Å². The summed E-state index contributed by atoms with van der Waals surface area (Å²) in [4.78, 5) is 0. The van der Waals surface area contributed by atoms with Crippen LogP contribution in [-0.2, 0) is 25.0 Å². The normalized spacial score (nSPS) is 15.7. The molecule has 0 spiro atoms. The highest BCUT2D eigenvalue weighted by molar-refractivity contribution is 5.28. The molecule has 5 heteroatoms. The van der Waals surface area contributed by atoms with Gasteiger partial charge in [-0.2, -0.15) is 5.10 Å². The van der Waals surface area contributed by atoms with Crippen LogP contribution in [0.5, 0.6) is 0 Å². The Kier molecular flexibility index (Phi) is 1.61. The molecule has 0 bridgehead atoms. The number of aromatic nitrogens is 2. The van der Waals surface area contributed by atoms with Gasteiger partial charge in [-0.3, -0.25) is 4.68 Å². The first kappa shape index (κ1) is 7.67. The number of ether oxygens (including phenoxy) is 1. The Hall–Kier alpha value is -0.970. The molecule has 3 nitrogen and oxygen atoms in total. The van der Waals surface area contributed by atoms with Gasteiger partial charge in [-0.05, 0) is 0 Å². The summed E-state index contributed by atoms with van der Waals surface area (Å²) < 4.78 is 31.1. The molecule has 0 N–H and O–H groups in total. The predicted octanol–water partition coefficient (Wildman–Crippen LogP) is 1.39. The minimum Gasteiger partial charge on any atom is -0.370 e. The Balaban J connectivity index is 2.51. The molecule has 0 atom stereocenters. The largest absolute Gasteiger partial charge is 0.370 e. The number of hydrogen-bond acceptors (Lipinski definition) is 2. The summed E-state index contributed by atoms with van der Waals surface area (Å²) in [5.74, 6) is 0. The van der Waals surface area contributed by atoms with Crippen LogP contribution in [-0.4, -0.2) is 9.78 Å². The second kappa shape index (κ2) is 2.52. The average molecular weight is 174 g/mol. The van der Waals surface area contributed by atoms with Crippen molar-refractivity contribution in [1.82, 2.24) is 9.78 Å². The lowest BCUT2D eigenvalue weighted by Crippen LogP contribution is -1.97. The summed E-state index contributed by atoms with van der Waals surface area (Å²) in [5.41, 5.74) is 1.20. The Morgan fingerprint density at radius 3 is 2.92 bits per heavy atom. The molecule has 2 heterocycles. The smallest absolute Gasteiger partial charge is 0.282 e. The van der Waals surface area contributed by atoms with E-state index in [0.29, 0.717) is 12.2 Å². The van der Waals surface area contributed by atoms with E-state index in [1.54, 1.807) is 7.05 Å². The van der Waals surface area contributed by atoms with E-state index in [1.807, 2.05) is 0 Å². The molecule has 12 heavy (non-hydrogen) atoms. The minimum atomic E-state index is -2.50. The molecule has 1 aliphatic heterocycles. The monoisotopic (exact) mass is 174 g/mol. The number of fused-ring (bicyclic) bond motifs is 1. The van der Waals surface area contributed by atoms with Crippen LogP contribution in [0.3, 0.4) is 0 Å². The van der Waals surface area contributed by atoms with Crippen LogP contribution in [0.1, 0.15) is 23.4 Å². The molecule has 2 rings (SSSR count). The third-order valence-corrected chi connectivity index (χ3v) is 2.00. The van der Waals surface area contributed by atoms with Gasteiger partial charge >= 0.3 is 0 Å². The molecular formula is C7H8F2N2O. The summed E-state index contributed by atoms with van der Waals surface area (Å²) in [5, 5.41) is 3.72. The summed E-state index contributed by atoms with van der Waals surface area (Å²) in [6.45, 7) is 0.661. The molecule has 1 aromatic rings. The Bertz CT molecular complexity index is 309. The molecule has 0 aromatic carbocycles. The fourth-order valence-corrected chi connectivity index (χ4v) is 1.39. The molecule has 1 aliphatic rings. The molecule has 0 amide bonds. The molecule has 1 aromatic heterocycles. The SMILES string of the molecule is Cn1nc(C(F)F)c2c1COC2. The maximum atomic E-state index is 12.3. The number of aryl methyl sites for hydroxylation is 1. The molecule has 0 saturated heterocycles. The van der Waals surface area contributed by atoms with E-state index in [4.69, 9.17) is 4.74 Å². The van der Waals surface area contributed by atoms with Gasteiger partial charge in [0.1, 0.15) is 5.69 Å². The molecule has 0 radical (unpaired) electrons. The maximum absolute atomic E-state index is 12.3.